The maximum absolute atomic E-state index is 14.1. The zero-order chi connectivity index (χ0) is 41.8. The Bertz CT molecular complexity index is 1240. The maximum atomic E-state index is 14.1. The topological polar surface area (TPSA) is 80.6 Å². The summed E-state index contributed by atoms with van der Waals surface area (Å²) >= 11 is 0. The van der Waals surface area contributed by atoms with Crippen LogP contribution in [0.4, 0.5) is 26.3 Å². The van der Waals surface area contributed by atoms with Crippen LogP contribution in [-0.2, 0) is 4.74 Å². The Labute approximate surface area is 341 Å². The number of rotatable bonds is 7. The summed E-state index contributed by atoms with van der Waals surface area (Å²) in [7, 11) is 0. The van der Waals surface area contributed by atoms with Crippen molar-refractivity contribution in [2.45, 2.75) is 199 Å². The van der Waals surface area contributed by atoms with Gasteiger partial charge in [0.2, 0.25) is 0 Å². The van der Waals surface area contributed by atoms with Crippen molar-refractivity contribution >= 4 is 0 Å². The van der Waals surface area contributed by atoms with Gasteiger partial charge in [0.1, 0.15) is 6.17 Å². The summed E-state index contributed by atoms with van der Waals surface area (Å²) in [5, 5.41) is 26.1. The second kappa shape index (κ2) is 25.4. The molecule has 0 heterocycles. The van der Waals surface area contributed by atoms with Crippen molar-refractivity contribution in [2.75, 3.05) is 6.67 Å². The fraction of sp³-hybridized carbons (Fsp3) is 0.894. The minimum Gasteiger partial charge on any atom is -0.317 e. The SMILES string of the molecule is CC1CCC(/C=C/C2CCC(C#N)CC2)CC1.CC1CCC(C(F)(F)CF)CC1.CC1CCC(C(F)(F)OC2CCC(C#N)CC2)CC1.N#CC1CCC(F)CC1. The molecule has 10 heteroatoms. The van der Waals surface area contributed by atoms with Crippen LogP contribution in [0.1, 0.15) is 175 Å². The third-order valence-electron chi connectivity index (χ3n) is 14.0. The highest BCUT2D eigenvalue weighted by atomic mass is 19.3. The average Bonchev–Trinajstić information content (AvgIpc) is 3.22. The predicted molar refractivity (Wildman–Crippen MR) is 214 cm³/mol. The first-order valence-corrected chi connectivity index (χ1v) is 22.7. The lowest BCUT2D eigenvalue weighted by atomic mass is 9.80. The minimum atomic E-state index is -3.07. The molecule has 57 heavy (non-hydrogen) atoms. The number of allylic oxidation sites excluding steroid dienone is 2. The lowest BCUT2D eigenvalue weighted by Gasteiger charge is -2.35. The molecular formula is C47H73F6N3O. The van der Waals surface area contributed by atoms with E-state index < -0.39 is 36.7 Å². The largest absolute Gasteiger partial charge is 0.358 e. The number of nitriles is 3. The van der Waals surface area contributed by atoms with Gasteiger partial charge in [0, 0.05) is 23.7 Å². The van der Waals surface area contributed by atoms with E-state index in [1.807, 2.05) is 0 Å². The van der Waals surface area contributed by atoms with Crippen LogP contribution in [0.3, 0.4) is 0 Å². The van der Waals surface area contributed by atoms with Gasteiger partial charge in [-0.3, -0.25) is 0 Å². The van der Waals surface area contributed by atoms with E-state index in [9.17, 15) is 26.3 Å². The smallest absolute Gasteiger partial charge is 0.317 e. The van der Waals surface area contributed by atoms with Gasteiger partial charge in [-0.1, -0.05) is 71.4 Å². The average molecular weight is 810 g/mol. The molecule has 6 aliphatic rings. The van der Waals surface area contributed by atoms with Crippen molar-refractivity contribution in [2.24, 2.45) is 59.2 Å². The quantitative estimate of drug-likeness (QED) is 0.189. The van der Waals surface area contributed by atoms with Crippen LogP contribution in [0, 0.1) is 93.2 Å². The minimum absolute atomic E-state index is 0.0315. The number of hydrogen-bond acceptors (Lipinski definition) is 4. The molecule has 0 aromatic carbocycles. The molecule has 0 radical (unpaired) electrons. The van der Waals surface area contributed by atoms with Crippen LogP contribution in [0.2, 0.25) is 0 Å². The number of alkyl halides is 6. The molecule has 324 valence electrons. The molecule has 0 aromatic rings. The monoisotopic (exact) mass is 810 g/mol. The van der Waals surface area contributed by atoms with Gasteiger partial charge in [-0.05, 0) is 145 Å². The van der Waals surface area contributed by atoms with E-state index in [-0.39, 0.29) is 17.9 Å². The molecule has 0 spiro atoms. The van der Waals surface area contributed by atoms with Gasteiger partial charge in [-0.2, -0.15) is 24.6 Å². The van der Waals surface area contributed by atoms with Gasteiger partial charge in [0.15, 0.2) is 6.67 Å². The Morgan fingerprint density at radius 3 is 1.21 bits per heavy atom. The highest BCUT2D eigenvalue weighted by molar-refractivity contribution is 4.98. The van der Waals surface area contributed by atoms with E-state index in [2.05, 4.69) is 51.1 Å². The highest BCUT2D eigenvalue weighted by Gasteiger charge is 2.44. The number of hydrogen-bond donors (Lipinski definition) is 0. The van der Waals surface area contributed by atoms with Crippen LogP contribution < -0.4 is 0 Å². The lowest BCUT2D eigenvalue weighted by Crippen LogP contribution is -2.38. The van der Waals surface area contributed by atoms with Crippen molar-refractivity contribution in [1.29, 1.82) is 15.8 Å². The van der Waals surface area contributed by atoms with Gasteiger partial charge < -0.3 is 4.74 Å². The van der Waals surface area contributed by atoms with E-state index >= 15 is 0 Å². The van der Waals surface area contributed by atoms with Gasteiger partial charge in [-0.25, -0.2) is 17.6 Å². The lowest BCUT2D eigenvalue weighted by molar-refractivity contribution is -0.301. The standard InChI is InChI=1S/C16H25N.C15H23F2NO.C9H15F3.C7H10FN/c1-13-2-4-14(5-3-13)6-7-15-8-10-16(12-17)11-9-15;1-11-2-6-13(7-3-11)15(16,17)19-14-8-4-12(10-18)5-9-14;1-7-2-4-8(5-3-7)9(11,12)6-10;8-7-3-1-6(5-9)2-4-7/h6-7,13-16H,2-5,8-11H2,1H3;11-14H,2-9H2,1H3;7-8H,2-6H2,1H3;6-7H,1-4H2/b7-6+;;;. The third-order valence-corrected chi connectivity index (χ3v) is 14.0. The molecule has 0 saturated heterocycles. The van der Waals surface area contributed by atoms with Crippen molar-refractivity contribution in [3.63, 3.8) is 0 Å². The first kappa shape index (κ1) is 49.1. The van der Waals surface area contributed by atoms with Crippen molar-refractivity contribution in [3.8, 4) is 18.2 Å². The first-order valence-electron chi connectivity index (χ1n) is 22.7. The predicted octanol–water partition coefficient (Wildman–Crippen LogP) is 14.7. The molecule has 0 atom stereocenters. The zero-order valence-corrected chi connectivity index (χ0v) is 35.3. The molecular weight excluding hydrogens is 737 g/mol. The molecule has 4 nitrogen and oxygen atoms in total. The Morgan fingerprint density at radius 1 is 0.491 bits per heavy atom. The Balaban J connectivity index is 0.000000211. The summed E-state index contributed by atoms with van der Waals surface area (Å²) in [6.07, 6.45) is 22.1. The second-order valence-electron chi connectivity index (χ2n) is 18.8. The van der Waals surface area contributed by atoms with Crippen molar-refractivity contribution < 1.29 is 31.1 Å². The van der Waals surface area contributed by atoms with Crippen LogP contribution in [0.25, 0.3) is 0 Å². The van der Waals surface area contributed by atoms with E-state index in [0.717, 1.165) is 69.1 Å². The summed E-state index contributed by atoms with van der Waals surface area (Å²) in [6, 6.07) is 6.78. The summed E-state index contributed by atoms with van der Waals surface area (Å²) in [4.78, 5) is 0. The fourth-order valence-electron chi connectivity index (χ4n) is 9.43. The van der Waals surface area contributed by atoms with E-state index in [1.54, 1.807) is 0 Å². The first-order chi connectivity index (χ1) is 27.2. The maximum Gasteiger partial charge on any atom is 0.358 e. The Hall–Kier alpha value is -2.25. The summed E-state index contributed by atoms with van der Waals surface area (Å²) in [5.74, 6) is -0.216. The van der Waals surface area contributed by atoms with Gasteiger partial charge >= 0.3 is 6.11 Å². The zero-order valence-electron chi connectivity index (χ0n) is 35.3. The molecule has 0 amide bonds. The highest BCUT2D eigenvalue weighted by Crippen LogP contribution is 2.42. The Kier molecular flexibility index (Phi) is 21.9. The number of ether oxygens (including phenoxy) is 1. The van der Waals surface area contributed by atoms with Gasteiger partial charge in [0.25, 0.3) is 5.92 Å². The van der Waals surface area contributed by atoms with Crippen molar-refractivity contribution in [3.05, 3.63) is 12.2 Å². The summed E-state index contributed by atoms with van der Waals surface area (Å²) in [6.45, 7) is 5.07. The van der Waals surface area contributed by atoms with Crippen LogP contribution >= 0.6 is 0 Å². The fourth-order valence-corrected chi connectivity index (χ4v) is 9.43. The molecule has 0 bridgehead atoms. The molecule has 6 fully saturated rings. The molecule has 6 saturated carbocycles. The summed E-state index contributed by atoms with van der Waals surface area (Å²) < 4.78 is 83.2. The van der Waals surface area contributed by atoms with Gasteiger partial charge in [0.05, 0.1) is 30.2 Å². The van der Waals surface area contributed by atoms with E-state index in [4.69, 9.17) is 20.5 Å². The molecule has 0 aliphatic heterocycles. The Morgan fingerprint density at radius 2 is 0.825 bits per heavy atom. The van der Waals surface area contributed by atoms with E-state index in [1.165, 1.54) is 38.5 Å². The van der Waals surface area contributed by atoms with Gasteiger partial charge in [-0.15, -0.1) is 0 Å². The van der Waals surface area contributed by atoms with Crippen LogP contribution in [0.15, 0.2) is 12.2 Å². The van der Waals surface area contributed by atoms with Crippen molar-refractivity contribution in [1.82, 2.24) is 0 Å². The molecule has 0 N–H and O–H groups in total. The van der Waals surface area contributed by atoms with E-state index in [0.29, 0.717) is 82.0 Å². The molecule has 6 aliphatic carbocycles. The normalized spacial score (nSPS) is 36.2. The summed E-state index contributed by atoms with van der Waals surface area (Å²) in [5.41, 5.74) is 0. The molecule has 0 unspecified atom stereocenters. The second-order valence-corrected chi connectivity index (χ2v) is 18.8. The van der Waals surface area contributed by atoms with Crippen LogP contribution in [-0.4, -0.2) is 31.0 Å². The third kappa shape index (κ3) is 18.3. The number of halogens is 6. The molecule has 0 aromatic heterocycles. The molecule has 6 rings (SSSR count). The number of nitrogens with zero attached hydrogens (tertiary/aromatic N) is 3. The van der Waals surface area contributed by atoms with Crippen LogP contribution in [0.5, 0.6) is 0 Å².